The van der Waals surface area contributed by atoms with Crippen LogP contribution in [0.4, 0.5) is 0 Å². The van der Waals surface area contributed by atoms with Crippen LogP contribution >= 0.6 is 0 Å². The summed E-state index contributed by atoms with van der Waals surface area (Å²) in [6, 6.07) is 55.5. The van der Waals surface area contributed by atoms with Crippen molar-refractivity contribution in [1.82, 2.24) is 21.3 Å². The number of rotatable bonds is 20. The van der Waals surface area contributed by atoms with E-state index in [0.29, 0.717) is 26.2 Å². The number of aliphatic hydroxyl groups is 2. The largest absolute Gasteiger partial charge is 0.569 e. The number of phenols is 4. The average Bonchev–Trinajstić information content (AvgIpc) is 2.21. The van der Waals surface area contributed by atoms with E-state index in [9.17, 15) is 20.4 Å². The molecule has 452 valence electrons. The minimum atomic E-state index is 0. The van der Waals surface area contributed by atoms with Crippen LogP contribution in [0.1, 0.15) is 73.6 Å². The molecule has 16 heteroatoms. The van der Waals surface area contributed by atoms with Crippen LogP contribution in [0.25, 0.3) is 44.5 Å². The van der Waals surface area contributed by atoms with Gasteiger partial charge in [-0.3, -0.25) is 0 Å². The van der Waals surface area contributed by atoms with E-state index < -0.39 is 0 Å². The summed E-state index contributed by atoms with van der Waals surface area (Å²) in [5.74, 6) is 4.04. The number of hydrogen-bond donors (Lipinski definition) is 10. The van der Waals surface area contributed by atoms with Gasteiger partial charge in [0.05, 0.1) is 28.4 Å². The zero-order valence-corrected chi connectivity index (χ0v) is 52.8. The van der Waals surface area contributed by atoms with E-state index in [-0.39, 0.29) is 90.6 Å². The fourth-order valence-corrected chi connectivity index (χ4v) is 11.5. The smallest absolute Gasteiger partial charge is 0.128 e. The number of methoxy groups -OCH3 is 4. The molecule has 4 atom stereocenters. The van der Waals surface area contributed by atoms with Crippen LogP contribution in [-0.2, 0) is 69.6 Å². The van der Waals surface area contributed by atoms with Gasteiger partial charge < -0.3 is 70.9 Å². The van der Waals surface area contributed by atoms with Crippen molar-refractivity contribution in [2.24, 2.45) is 0 Å². The third-order valence-electron chi connectivity index (χ3n) is 15.8. The van der Waals surface area contributed by atoms with E-state index in [1.165, 1.54) is 0 Å². The van der Waals surface area contributed by atoms with Crippen molar-refractivity contribution >= 4 is 0 Å². The molecule has 0 amide bonds. The predicted octanol–water partition coefficient (Wildman–Crippen LogP) is 13.6. The fraction of sp³-hybridized carbons (Fsp3) is 0.286. The van der Waals surface area contributed by atoms with Crippen molar-refractivity contribution < 1.29 is 93.0 Å². The Kier molecular flexibility index (Phi) is 29.7. The van der Waals surface area contributed by atoms with E-state index in [4.69, 9.17) is 29.2 Å². The Morgan fingerprint density at radius 1 is 0.302 bits per heavy atom. The topological polar surface area (TPSA) is 206 Å². The number of nitrogens with one attached hydrogen (secondary N) is 4. The molecule has 2 saturated carbocycles. The van der Waals surface area contributed by atoms with Gasteiger partial charge in [0, 0.05) is 161 Å². The van der Waals surface area contributed by atoms with Crippen molar-refractivity contribution in [3.05, 3.63) is 206 Å². The van der Waals surface area contributed by atoms with Crippen molar-refractivity contribution in [1.29, 1.82) is 0 Å². The predicted molar refractivity (Wildman–Crippen MR) is 334 cm³/mol. The Bertz CT molecular complexity index is 2900. The van der Waals surface area contributed by atoms with Gasteiger partial charge in [-0.15, -0.1) is 0 Å². The van der Waals surface area contributed by atoms with E-state index in [1.807, 2.05) is 170 Å². The van der Waals surface area contributed by atoms with E-state index >= 15 is 0 Å². The van der Waals surface area contributed by atoms with Gasteiger partial charge in [0.2, 0.25) is 0 Å². The molecule has 0 radical (unpaired) electrons. The van der Waals surface area contributed by atoms with Crippen molar-refractivity contribution in [2.45, 2.75) is 102 Å². The molecular formula is C70H82N4O10Ti2-2. The van der Waals surface area contributed by atoms with Gasteiger partial charge in [-0.25, -0.2) is 14.2 Å². The van der Waals surface area contributed by atoms with Gasteiger partial charge in [-0.2, -0.15) is 0 Å². The van der Waals surface area contributed by atoms with E-state index in [2.05, 4.69) is 35.5 Å². The minimum Gasteiger partial charge on any atom is -0.569 e. The Labute approximate surface area is 537 Å². The SMILES string of the molecule is COc1ccccc1-c1cccc(CN[C@H]2CCCC[C@@H]2NCc2cccc(-c3ccccc3OC)c2O)c1O.COc1ccccc1-c1cccc(CN[C@H]2CCCC[C@@H]2NCc2cccc(-c3ccccc3OC)c2O)c1O.[CH2-]O.[CH2-]O.[Ti].[Ti]. The summed E-state index contributed by atoms with van der Waals surface area (Å²) in [6.45, 7) is 2.25. The Morgan fingerprint density at radius 3 is 0.686 bits per heavy atom. The molecule has 0 aliphatic heterocycles. The van der Waals surface area contributed by atoms with Crippen LogP contribution in [0.3, 0.4) is 0 Å². The molecule has 8 aromatic rings. The molecule has 0 spiro atoms. The van der Waals surface area contributed by atoms with Crippen LogP contribution in [0.5, 0.6) is 46.0 Å². The number of phenolic OH excluding ortho intramolecular Hbond substituents is 4. The van der Waals surface area contributed by atoms with Crippen LogP contribution in [0.2, 0.25) is 0 Å². The number of aliphatic hydroxyl groups excluding tert-OH is 2. The summed E-state index contributed by atoms with van der Waals surface area (Å²) in [4.78, 5) is 0. The van der Waals surface area contributed by atoms with Crippen LogP contribution in [0, 0.1) is 14.2 Å². The normalized spacial score (nSPS) is 15.9. The zero-order valence-electron chi connectivity index (χ0n) is 49.7. The molecule has 8 aromatic carbocycles. The number of ether oxygens (including phenoxy) is 4. The molecule has 2 aliphatic carbocycles. The molecule has 14 nitrogen and oxygen atoms in total. The zero-order chi connectivity index (χ0) is 59.8. The van der Waals surface area contributed by atoms with Crippen LogP contribution < -0.4 is 40.2 Å². The maximum atomic E-state index is 11.1. The van der Waals surface area contributed by atoms with Gasteiger partial charge >= 0.3 is 0 Å². The number of benzene rings is 8. The molecule has 0 aromatic heterocycles. The third-order valence-corrected chi connectivity index (χ3v) is 15.8. The Hall–Kier alpha value is -6.65. The molecule has 0 bridgehead atoms. The van der Waals surface area contributed by atoms with Crippen molar-refractivity contribution in [2.75, 3.05) is 28.4 Å². The van der Waals surface area contributed by atoms with Crippen LogP contribution in [0.15, 0.2) is 170 Å². The van der Waals surface area contributed by atoms with Gasteiger partial charge in [-0.05, 0) is 49.9 Å². The molecular weight excluding hydrogens is 1150 g/mol. The number of aromatic hydroxyl groups is 4. The van der Waals surface area contributed by atoms with E-state index in [1.54, 1.807) is 28.4 Å². The molecule has 0 saturated heterocycles. The summed E-state index contributed by atoms with van der Waals surface area (Å²) in [7, 11) is 11.1. The monoisotopic (exact) mass is 1230 g/mol. The number of hydrogen-bond acceptors (Lipinski definition) is 14. The maximum Gasteiger partial charge on any atom is 0.128 e. The molecule has 2 aliphatic rings. The summed E-state index contributed by atoms with van der Waals surface area (Å²) in [5, 5.41) is 72.9. The third kappa shape index (κ3) is 17.8. The Morgan fingerprint density at radius 2 is 0.488 bits per heavy atom. The van der Waals surface area contributed by atoms with Gasteiger partial charge in [0.25, 0.3) is 0 Å². The van der Waals surface area contributed by atoms with E-state index in [0.717, 1.165) is 141 Å². The summed E-state index contributed by atoms with van der Waals surface area (Å²) < 4.78 is 22.1. The fourth-order valence-electron chi connectivity index (χ4n) is 11.5. The first-order chi connectivity index (χ1) is 41.2. The quantitative estimate of drug-likeness (QED) is 0.0255. The van der Waals surface area contributed by atoms with Crippen LogP contribution in [-0.4, -0.2) is 83.2 Å². The molecule has 10 rings (SSSR count). The standard InChI is InChI=1S/2C34H38N2O4.2CH3O.2Ti/c2*1-39-31-19-7-3-13-25(31)27-15-9-11-23(33(27)37)21-35-29-17-5-6-18-30(29)36-22-24-12-10-16-28(34(24)38)26-14-4-8-20-32(26)40-2;2*1-2;;/h2*3-4,7-16,19-20,29-30,35-38H,5-6,17-18,21-22H2,1-2H3;2*2H,1H2;;/q;;2*-1;;/t2*29-,30-;;;;/m00..../s1. The first-order valence-corrected chi connectivity index (χ1v) is 28.5. The van der Waals surface area contributed by atoms with Gasteiger partial charge in [0.1, 0.15) is 46.0 Å². The second-order valence-electron chi connectivity index (χ2n) is 20.6. The van der Waals surface area contributed by atoms with Gasteiger partial charge in [-0.1, -0.05) is 171 Å². The second kappa shape index (κ2) is 36.5. The van der Waals surface area contributed by atoms with Gasteiger partial charge in [0.15, 0.2) is 0 Å². The van der Waals surface area contributed by atoms with Crippen molar-refractivity contribution in [3.8, 4) is 90.5 Å². The molecule has 2 fully saturated rings. The number of para-hydroxylation sites is 8. The average molecular weight is 1240 g/mol. The first-order valence-electron chi connectivity index (χ1n) is 28.5. The minimum absolute atomic E-state index is 0. The Balaban J connectivity index is 0.000000291. The summed E-state index contributed by atoms with van der Waals surface area (Å²) >= 11 is 0. The summed E-state index contributed by atoms with van der Waals surface area (Å²) in [5.41, 5.74) is 9.97. The molecule has 0 unspecified atom stereocenters. The first kappa shape index (κ1) is 70.1. The molecule has 0 heterocycles. The molecule has 10 N–H and O–H groups in total. The molecule has 86 heavy (non-hydrogen) atoms. The summed E-state index contributed by atoms with van der Waals surface area (Å²) in [6.07, 6.45) is 8.87. The van der Waals surface area contributed by atoms with Crippen molar-refractivity contribution in [3.63, 3.8) is 0 Å². The second-order valence-corrected chi connectivity index (χ2v) is 20.6. The maximum absolute atomic E-state index is 11.1.